The molecule has 0 saturated carbocycles. The van der Waals surface area contributed by atoms with Crippen molar-refractivity contribution >= 4 is 5.91 Å². The molecule has 3 rings (SSSR count). The van der Waals surface area contributed by atoms with Crippen molar-refractivity contribution < 1.29 is 4.79 Å². The number of aromatic amines is 1. The van der Waals surface area contributed by atoms with E-state index in [1.807, 2.05) is 13.0 Å². The Bertz CT molecular complexity index is 720. The van der Waals surface area contributed by atoms with E-state index in [2.05, 4.69) is 39.2 Å². The van der Waals surface area contributed by atoms with Crippen molar-refractivity contribution in [3.63, 3.8) is 0 Å². The number of H-pyrrole nitrogens is 1. The summed E-state index contributed by atoms with van der Waals surface area (Å²) in [5, 5.41) is 10.4. The van der Waals surface area contributed by atoms with E-state index >= 15 is 0 Å². The van der Waals surface area contributed by atoms with E-state index in [9.17, 15) is 4.79 Å². The van der Waals surface area contributed by atoms with Gasteiger partial charge in [-0.25, -0.2) is 0 Å². The number of nitrogens with one attached hydrogen (secondary N) is 2. The Kier molecular flexibility index (Phi) is 5.48. The lowest BCUT2D eigenvalue weighted by Gasteiger charge is -2.32. The quantitative estimate of drug-likeness (QED) is 0.876. The summed E-state index contributed by atoms with van der Waals surface area (Å²) >= 11 is 0. The Morgan fingerprint density at radius 3 is 2.92 bits per heavy atom. The smallest absolute Gasteiger partial charge is 0.252 e. The maximum absolute atomic E-state index is 12.3. The minimum absolute atomic E-state index is 0.0325. The third kappa shape index (κ3) is 4.45. The van der Waals surface area contributed by atoms with Crippen LogP contribution in [0.2, 0.25) is 0 Å². The molecular weight excluding hydrogens is 314 g/mol. The number of piperidine rings is 1. The molecule has 1 aliphatic rings. The molecule has 1 saturated heterocycles. The first-order valence-electron chi connectivity index (χ1n) is 8.95. The molecule has 1 fully saturated rings. The highest BCUT2D eigenvalue weighted by Gasteiger charge is 2.22. The van der Waals surface area contributed by atoms with Gasteiger partial charge in [-0.15, -0.1) is 0 Å². The molecular formula is C19H27N5O. The maximum atomic E-state index is 12.3. The zero-order valence-corrected chi connectivity index (χ0v) is 15.3. The number of carbonyl (C=O) groups excluding carboxylic acids is 1. The average molecular weight is 341 g/mol. The van der Waals surface area contributed by atoms with Crippen molar-refractivity contribution in [1.29, 1.82) is 0 Å². The second kappa shape index (κ2) is 7.78. The van der Waals surface area contributed by atoms with Crippen LogP contribution in [0.5, 0.6) is 0 Å². The molecule has 134 valence electrons. The van der Waals surface area contributed by atoms with E-state index in [4.69, 9.17) is 0 Å². The number of amides is 1. The van der Waals surface area contributed by atoms with E-state index in [-0.39, 0.29) is 5.91 Å². The Morgan fingerprint density at radius 1 is 1.36 bits per heavy atom. The molecule has 0 bridgehead atoms. The number of aryl methyl sites for hydroxylation is 3. The lowest BCUT2D eigenvalue weighted by atomic mass is 9.97. The van der Waals surface area contributed by atoms with Gasteiger partial charge in [-0.2, -0.15) is 5.10 Å². The first-order valence-corrected chi connectivity index (χ1v) is 8.95. The number of carbonyl (C=O) groups is 1. The van der Waals surface area contributed by atoms with Crippen molar-refractivity contribution in [3.8, 4) is 0 Å². The first kappa shape index (κ1) is 17.6. The summed E-state index contributed by atoms with van der Waals surface area (Å²) in [6.45, 7) is 9.84. The summed E-state index contributed by atoms with van der Waals surface area (Å²) in [4.78, 5) is 18.9. The molecule has 3 heterocycles. The Balaban J connectivity index is 1.52. The molecule has 1 atom stereocenters. The van der Waals surface area contributed by atoms with Gasteiger partial charge in [0.2, 0.25) is 0 Å². The zero-order valence-electron chi connectivity index (χ0n) is 15.3. The molecule has 0 aliphatic carbocycles. The van der Waals surface area contributed by atoms with Crippen LogP contribution >= 0.6 is 0 Å². The van der Waals surface area contributed by atoms with Gasteiger partial charge in [0.25, 0.3) is 5.91 Å². The summed E-state index contributed by atoms with van der Waals surface area (Å²) in [6, 6.07) is 1.87. The fraction of sp³-hybridized carbons (Fsp3) is 0.526. The van der Waals surface area contributed by atoms with Crippen molar-refractivity contribution in [3.05, 3.63) is 46.5 Å². The van der Waals surface area contributed by atoms with E-state index < -0.39 is 0 Å². The molecule has 6 heteroatoms. The van der Waals surface area contributed by atoms with Gasteiger partial charge in [0.15, 0.2) is 0 Å². The van der Waals surface area contributed by atoms with Crippen LogP contribution in [-0.4, -0.2) is 45.6 Å². The van der Waals surface area contributed by atoms with E-state index in [1.165, 1.54) is 12.0 Å². The molecule has 1 aliphatic heterocycles. The normalized spacial score (nSPS) is 18.3. The van der Waals surface area contributed by atoms with E-state index in [0.717, 1.165) is 43.0 Å². The lowest BCUT2D eigenvalue weighted by Crippen LogP contribution is -2.40. The molecule has 0 spiro atoms. The second-order valence-electron chi connectivity index (χ2n) is 7.12. The Hall–Kier alpha value is -2.21. The summed E-state index contributed by atoms with van der Waals surface area (Å²) < 4.78 is 0. The highest BCUT2D eigenvalue weighted by molar-refractivity contribution is 5.93. The topological polar surface area (TPSA) is 73.9 Å². The van der Waals surface area contributed by atoms with Gasteiger partial charge >= 0.3 is 0 Å². The SMILES string of the molecule is Cc1cncc(C(=O)NC[C@@H]2CCCN(Cc3c(C)n[nH]c3C)C2)c1. The van der Waals surface area contributed by atoms with Crippen molar-refractivity contribution in [2.45, 2.75) is 40.2 Å². The number of nitrogens with zero attached hydrogens (tertiary/aromatic N) is 3. The van der Waals surface area contributed by atoms with Crippen LogP contribution in [-0.2, 0) is 6.54 Å². The van der Waals surface area contributed by atoms with E-state index in [0.29, 0.717) is 18.0 Å². The predicted molar refractivity (Wildman–Crippen MR) is 97.4 cm³/mol. The zero-order chi connectivity index (χ0) is 17.8. The minimum Gasteiger partial charge on any atom is -0.352 e. The van der Waals surface area contributed by atoms with Gasteiger partial charge in [-0.3, -0.25) is 19.8 Å². The lowest BCUT2D eigenvalue weighted by molar-refractivity contribution is 0.0930. The van der Waals surface area contributed by atoms with Crippen LogP contribution in [0, 0.1) is 26.7 Å². The largest absolute Gasteiger partial charge is 0.352 e. The number of aromatic nitrogens is 3. The molecule has 2 aromatic rings. The number of likely N-dealkylation sites (tertiary alicyclic amines) is 1. The summed E-state index contributed by atoms with van der Waals surface area (Å²) in [7, 11) is 0. The molecule has 1 amide bonds. The summed E-state index contributed by atoms with van der Waals surface area (Å²) in [5.41, 5.74) is 5.18. The van der Waals surface area contributed by atoms with Gasteiger partial charge in [-0.1, -0.05) is 0 Å². The fourth-order valence-corrected chi connectivity index (χ4v) is 3.51. The van der Waals surface area contributed by atoms with E-state index in [1.54, 1.807) is 12.4 Å². The van der Waals surface area contributed by atoms with Crippen LogP contribution in [0.25, 0.3) is 0 Å². The number of pyridine rings is 1. The summed E-state index contributed by atoms with van der Waals surface area (Å²) in [6.07, 6.45) is 5.71. The van der Waals surface area contributed by atoms with Gasteiger partial charge in [0, 0.05) is 43.3 Å². The number of hydrogen-bond donors (Lipinski definition) is 2. The van der Waals surface area contributed by atoms with Crippen LogP contribution in [0.1, 0.15) is 45.7 Å². The fourth-order valence-electron chi connectivity index (χ4n) is 3.51. The third-order valence-electron chi connectivity index (χ3n) is 4.95. The van der Waals surface area contributed by atoms with Crippen molar-refractivity contribution in [2.75, 3.05) is 19.6 Å². The molecule has 0 unspecified atom stereocenters. The highest BCUT2D eigenvalue weighted by atomic mass is 16.1. The van der Waals surface area contributed by atoms with Crippen LogP contribution < -0.4 is 5.32 Å². The van der Waals surface area contributed by atoms with Crippen LogP contribution in [0.4, 0.5) is 0 Å². The molecule has 2 N–H and O–H groups in total. The number of rotatable bonds is 5. The first-order chi connectivity index (χ1) is 12.0. The highest BCUT2D eigenvalue weighted by Crippen LogP contribution is 2.20. The minimum atomic E-state index is -0.0325. The van der Waals surface area contributed by atoms with Crippen LogP contribution in [0.3, 0.4) is 0 Å². The second-order valence-corrected chi connectivity index (χ2v) is 7.12. The molecule has 25 heavy (non-hydrogen) atoms. The molecule has 2 aromatic heterocycles. The standard InChI is InChI=1S/C19H27N5O/c1-13-7-17(10-20-8-13)19(25)21-9-16-5-4-6-24(11-16)12-18-14(2)22-23-15(18)3/h7-8,10,16H,4-6,9,11-12H2,1-3H3,(H,21,25)(H,22,23)/t16-/m0/s1. The monoisotopic (exact) mass is 341 g/mol. The van der Waals surface area contributed by atoms with Gasteiger partial charge in [0.05, 0.1) is 11.3 Å². The Labute approximate surface area is 149 Å². The van der Waals surface area contributed by atoms with Gasteiger partial charge in [0.1, 0.15) is 0 Å². The van der Waals surface area contributed by atoms with Gasteiger partial charge in [-0.05, 0) is 57.7 Å². The third-order valence-corrected chi connectivity index (χ3v) is 4.95. The molecule has 6 nitrogen and oxygen atoms in total. The van der Waals surface area contributed by atoms with Crippen molar-refractivity contribution in [1.82, 2.24) is 25.4 Å². The van der Waals surface area contributed by atoms with Crippen LogP contribution in [0.15, 0.2) is 18.5 Å². The van der Waals surface area contributed by atoms with Gasteiger partial charge < -0.3 is 5.32 Å². The Morgan fingerprint density at radius 2 is 2.20 bits per heavy atom. The molecule has 0 aromatic carbocycles. The summed E-state index contributed by atoms with van der Waals surface area (Å²) in [5.74, 6) is 0.456. The van der Waals surface area contributed by atoms with Crippen molar-refractivity contribution in [2.24, 2.45) is 5.92 Å². The molecule has 0 radical (unpaired) electrons. The number of hydrogen-bond acceptors (Lipinski definition) is 4. The average Bonchev–Trinajstić information content (AvgIpc) is 2.92. The predicted octanol–water partition coefficient (Wildman–Crippen LogP) is 2.37. The maximum Gasteiger partial charge on any atom is 0.252 e.